The fourth-order valence-electron chi connectivity index (χ4n) is 2.79. The van der Waals surface area contributed by atoms with Gasteiger partial charge in [0.25, 0.3) is 5.91 Å². The van der Waals surface area contributed by atoms with Crippen molar-refractivity contribution in [3.8, 4) is 0 Å². The van der Waals surface area contributed by atoms with Gasteiger partial charge in [0.2, 0.25) is 5.01 Å². The highest BCUT2D eigenvalue weighted by Crippen LogP contribution is 2.28. The number of ether oxygens (including phenoxy) is 1. The van der Waals surface area contributed by atoms with Crippen molar-refractivity contribution >= 4 is 23.2 Å². The summed E-state index contributed by atoms with van der Waals surface area (Å²) < 4.78 is 4.91. The molecule has 5 nitrogen and oxygen atoms in total. The Morgan fingerprint density at radius 2 is 2.14 bits per heavy atom. The molecule has 2 heterocycles. The largest absolute Gasteiger partial charge is 0.461 e. The third-order valence-electron chi connectivity index (χ3n) is 4.03. The number of carbonyl (C=O) groups is 2. The van der Waals surface area contributed by atoms with Gasteiger partial charge in [-0.05, 0) is 32.1 Å². The summed E-state index contributed by atoms with van der Waals surface area (Å²) in [6.45, 7) is 9.21. The monoisotopic (exact) mass is 310 g/mol. The van der Waals surface area contributed by atoms with Crippen LogP contribution >= 0.6 is 11.3 Å². The van der Waals surface area contributed by atoms with Crippen LogP contribution in [0.5, 0.6) is 0 Å². The molecule has 1 saturated heterocycles. The SMILES string of the molecule is CCOC(=O)c1nc(C(=O)N2CC(C)CC(C)C2C)cs1. The number of nitrogens with zero attached hydrogens (tertiary/aromatic N) is 2. The number of thiazole rings is 1. The lowest BCUT2D eigenvalue weighted by atomic mass is 9.86. The van der Waals surface area contributed by atoms with Gasteiger partial charge in [0.1, 0.15) is 5.69 Å². The number of carbonyl (C=O) groups excluding carboxylic acids is 2. The highest BCUT2D eigenvalue weighted by molar-refractivity contribution is 7.11. The lowest BCUT2D eigenvalue weighted by molar-refractivity contribution is 0.0450. The van der Waals surface area contributed by atoms with E-state index < -0.39 is 5.97 Å². The van der Waals surface area contributed by atoms with Crippen molar-refractivity contribution in [1.82, 2.24) is 9.88 Å². The maximum Gasteiger partial charge on any atom is 0.367 e. The van der Waals surface area contributed by atoms with E-state index in [0.717, 1.165) is 24.3 Å². The second-order valence-corrected chi connectivity index (χ2v) is 6.63. The standard InChI is InChI=1S/C15H22N2O3S/c1-5-20-15(19)13-16-12(8-21-13)14(18)17-7-9(2)6-10(3)11(17)4/h8-11H,5-7H2,1-4H3. The Labute approximate surface area is 129 Å². The summed E-state index contributed by atoms with van der Waals surface area (Å²) >= 11 is 1.16. The molecular weight excluding hydrogens is 288 g/mol. The second kappa shape index (κ2) is 6.56. The fraction of sp³-hybridized carbons (Fsp3) is 0.667. The van der Waals surface area contributed by atoms with Crippen LogP contribution in [-0.2, 0) is 4.74 Å². The molecule has 1 aliphatic rings. The first-order valence-electron chi connectivity index (χ1n) is 7.37. The Balaban J connectivity index is 2.14. The van der Waals surface area contributed by atoms with Gasteiger partial charge < -0.3 is 9.64 Å². The Kier molecular flexibility index (Phi) is 4.98. The average molecular weight is 310 g/mol. The number of piperidine rings is 1. The van der Waals surface area contributed by atoms with Gasteiger partial charge in [-0.3, -0.25) is 4.79 Å². The molecule has 1 aromatic heterocycles. The molecule has 0 spiro atoms. The van der Waals surface area contributed by atoms with E-state index in [1.807, 2.05) is 4.90 Å². The zero-order chi connectivity index (χ0) is 15.6. The number of hydrogen-bond acceptors (Lipinski definition) is 5. The molecule has 0 radical (unpaired) electrons. The molecule has 3 unspecified atom stereocenters. The Hall–Kier alpha value is -1.43. The van der Waals surface area contributed by atoms with Gasteiger partial charge in [-0.2, -0.15) is 0 Å². The van der Waals surface area contributed by atoms with Gasteiger partial charge in [0, 0.05) is 18.0 Å². The molecular formula is C15H22N2O3S. The number of amides is 1. The molecule has 116 valence electrons. The lowest BCUT2D eigenvalue weighted by Gasteiger charge is -2.40. The van der Waals surface area contributed by atoms with Gasteiger partial charge in [-0.15, -0.1) is 11.3 Å². The van der Waals surface area contributed by atoms with E-state index in [-0.39, 0.29) is 17.0 Å². The van der Waals surface area contributed by atoms with Crippen LogP contribution in [0.1, 0.15) is 54.4 Å². The van der Waals surface area contributed by atoms with Crippen LogP contribution in [0.3, 0.4) is 0 Å². The Morgan fingerprint density at radius 3 is 2.81 bits per heavy atom. The average Bonchev–Trinajstić information content (AvgIpc) is 2.92. The van der Waals surface area contributed by atoms with Gasteiger partial charge in [0.05, 0.1) is 6.61 Å². The molecule has 1 fully saturated rings. The summed E-state index contributed by atoms with van der Waals surface area (Å²) in [5.41, 5.74) is 0.344. The van der Waals surface area contributed by atoms with E-state index >= 15 is 0 Å². The summed E-state index contributed by atoms with van der Waals surface area (Å²) in [4.78, 5) is 30.3. The van der Waals surface area contributed by atoms with E-state index in [0.29, 0.717) is 24.1 Å². The van der Waals surface area contributed by atoms with Crippen molar-refractivity contribution in [3.63, 3.8) is 0 Å². The molecule has 6 heteroatoms. The molecule has 0 N–H and O–H groups in total. The quantitative estimate of drug-likeness (QED) is 0.806. The summed E-state index contributed by atoms with van der Waals surface area (Å²) in [5.74, 6) is 0.409. The number of aromatic nitrogens is 1. The first kappa shape index (κ1) is 15.9. The van der Waals surface area contributed by atoms with Crippen molar-refractivity contribution in [3.05, 3.63) is 16.1 Å². The Bertz CT molecular complexity index is 529. The number of esters is 1. The van der Waals surface area contributed by atoms with Crippen LogP contribution in [0.2, 0.25) is 0 Å². The molecule has 21 heavy (non-hydrogen) atoms. The maximum atomic E-state index is 12.6. The number of likely N-dealkylation sites (tertiary alicyclic amines) is 1. The lowest BCUT2D eigenvalue weighted by Crippen LogP contribution is -2.48. The molecule has 1 aromatic rings. The summed E-state index contributed by atoms with van der Waals surface area (Å²) in [6.07, 6.45) is 1.14. The highest BCUT2D eigenvalue weighted by atomic mass is 32.1. The molecule has 0 aromatic carbocycles. The highest BCUT2D eigenvalue weighted by Gasteiger charge is 2.33. The van der Waals surface area contributed by atoms with Crippen LogP contribution in [0.4, 0.5) is 0 Å². The zero-order valence-corrected chi connectivity index (χ0v) is 13.8. The van der Waals surface area contributed by atoms with Crippen LogP contribution in [0, 0.1) is 11.8 Å². The predicted molar refractivity (Wildman–Crippen MR) is 81.5 cm³/mol. The maximum absolute atomic E-state index is 12.6. The van der Waals surface area contributed by atoms with Crippen molar-refractivity contribution in [2.24, 2.45) is 11.8 Å². The van der Waals surface area contributed by atoms with Crippen LogP contribution in [0.25, 0.3) is 0 Å². The van der Waals surface area contributed by atoms with E-state index in [2.05, 4.69) is 25.8 Å². The smallest absolute Gasteiger partial charge is 0.367 e. The molecule has 1 amide bonds. The topological polar surface area (TPSA) is 59.5 Å². The number of hydrogen-bond donors (Lipinski definition) is 0. The van der Waals surface area contributed by atoms with Crippen LogP contribution < -0.4 is 0 Å². The minimum absolute atomic E-state index is 0.0901. The summed E-state index contributed by atoms with van der Waals surface area (Å²) in [5, 5.41) is 1.89. The first-order chi connectivity index (χ1) is 9.93. The predicted octanol–water partition coefficient (Wildman–Crippen LogP) is 2.83. The molecule has 0 saturated carbocycles. The van der Waals surface area contributed by atoms with Crippen molar-refractivity contribution in [2.45, 2.75) is 40.2 Å². The van der Waals surface area contributed by atoms with Gasteiger partial charge in [-0.1, -0.05) is 13.8 Å². The van der Waals surface area contributed by atoms with Crippen LogP contribution in [-0.4, -0.2) is 41.0 Å². The van der Waals surface area contributed by atoms with E-state index in [1.54, 1.807) is 12.3 Å². The Morgan fingerprint density at radius 1 is 1.43 bits per heavy atom. The molecule has 2 rings (SSSR count). The fourth-order valence-corrected chi connectivity index (χ4v) is 3.47. The minimum Gasteiger partial charge on any atom is -0.461 e. The third kappa shape index (κ3) is 3.43. The summed E-state index contributed by atoms with van der Waals surface area (Å²) in [7, 11) is 0. The van der Waals surface area contributed by atoms with Gasteiger partial charge >= 0.3 is 5.97 Å². The normalized spacial score (nSPS) is 25.7. The number of rotatable bonds is 3. The zero-order valence-electron chi connectivity index (χ0n) is 13.0. The molecule has 0 bridgehead atoms. The van der Waals surface area contributed by atoms with Crippen LogP contribution in [0.15, 0.2) is 5.38 Å². The van der Waals surface area contributed by atoms with E-state index in [9.17, 15) is 9.59 Å². The van der Waals surface area contributed by atoms with Crippen molar-refractivity contribution in [2.75, 3.05) is 13.2 Å². The van der Waals surface area contributed by atoms with Gasteiger partial charge in [-0.25, -0.2) is 9.78 Å². The van der Waals surface area contributed by atoms with E-state index in [1.165, 1.54) is 0 Å². The molecule has 1 aliphatic heterocycles. The van der Waals surface area contributed by atoms with Crippen molar-refractivity contribution < 1.29 is 14.3 Å². The minimum atomic E-state index is -0.463. The second-order valence-electron chi connectivity index (χ2n) is 5.77. The first-order valence-corrected chi connectivity index (χ1v) is 8.25. The molecule has 3 atom stereocenters. The van der Waals surface area contributed by atoms with Crippen molar-refractivity contribution in [1.29, 1.82) is 0 Å². The molecule has 0 aliphatic carbocycles. The third-order valence-corrected chi connectivity index (χ3v) is 4.85. The summed E-state index contributed by atoms with van der Waals surface area (Å²) in [6, 6.07) is 0.196. The van der Waals surface area contributed by atoms with Gasteiger partial charge in [0.15, 0.2) is 0 Å². The van der Waals surface area contributed by atoms with E-state index in [4.69, 9.17) is 4.74 Å².